The summed E-state index contributed by atoms with van der Waals surface area (Å²) in [5.74, 6) is 0. The van der Waals surface area contributed by atoms with Gasteiger partial charge in [-0.15, -0.1) is 10.2 Å². The van der Waals surface area contributed by atoms with Gasteiger partial charge >= 0.3 is 0 Å². The normalized spacial score (nSPS) is 10.9. The Balaban J connectivity index is 2.02. The van der Waals surface area contributed by atoms with E-state index in [0.717, 1.165) is 22.4 Å². The third kappa shape index (κ3) is 4.30. The fourth-order valence-corrected chi connectivity index (χ4v) is 3.60. The highest BCUT2D eigenvalue weighted by Gasteiger charge is 2.06. The van der Waals surface area contributed by atoms with Gasteiger partial charge in [-0.3, -0.25) is 0 Å². The molecule has 0 amide bonds. The molecule has 102 valence electrons. The minimum atomic E-state index is 0.942. The van der Waals surface area contributed by atoms with Crippen LogP contribution in [0.2, 0.25) is 0 Å². The largest absolute Gasteiger partial charge is 0.313 e. The number of hydrogen-bond donors (Lipinski definition) is 1. The summed E-state index contributed by atoms with van der Waals surface area (Å²) < 4.78 is 1.01. The maximum atomic E-state index is 4.15. The van der Waals surface area contributed by atoms with Crippen LogP contribution in [-0.4, -0.2) is 16.7 Å². The SMILES string of the molecule is CCCNCc1ccc(Sc2nnc(C)s2)c(C)c1. The Kier molecular flexibility index (Phi) is 5.36. The number of aromatic nitrogens is 2. The highest BCUT2D eigenvalue weighted by atomic mass is 32.2. The molecular weight excluding hydrogens is 274 g/mol. The number of hydrogen-bond acceptors (Lipinski definition) is 5. The van der Waals surface area contributed by atoms with Crippen LogP contribution in [-0.2, 0) is 6.54 Å². The molecule has 1 aromatic heterocycles. The average molecular weight is 293 g/mol. The number of nitrogens with zero attached hydrogens (tertiary/aromatic N) is 2. The third-order valence-corrected chi connectivity index (χ3v) is 4.77. The monoisotopic (exact) mass is 293 g/mol. The van der Waals surface area contributed by atoms with E-state index in [1.807, 2.05) is 6.92 Å². The van der Waals surface area contributed by atoms with E-state index < -0.39 is 0 Å². The van der Waals surface area contributed by atoms with Gasteiger partial charge in [-0.25, -0.2) is 0 Å². The van der Waals surface area contributed by atoms with Crippen molar-refractivity contribution >= 4 is 23.1 Å². The second kappa shape index (κ2) is 7.03. The first-order chi connectivity index (χ1) is 9.19. The molecule has 0 aliphatic rings. The van der Waals surface area contributed by atoms with Crippen molar-refractivity contribution in [3.8, 4) is 0 Å². The lowest BCUT2D eigenvalue weighted by Crippen LogP contribution is -2.13. The van der Waals surface area contributed by atoms with E-state index in [1.54, 1.807) is 23.1 Å². The minimum Gasteiger partial charge on any atom is -0.313 e. The number of nitrogens with one attached hydrogen (secondary N) is 1. The summed E-state index contributed by atoms with van der Waals surface area (Å²) >= 11 is 3.34. The summed E-state index contributed by atoms with van der Waals surface area (Å²) in [5, 5.41) is 12.6. The number of benzene rings is 1. The first-order valence-electron chi connectivity index (χ1n) is 6.47. The molecule has 1 N–H and O–H groups in total. The molecule has 1 aromatic carbocycles. The summed E-state index contributed by atoms with van der Waals surface area (Å²) in [6.07, 6.45) is 1.17. The van der Waals surface area contributed by atoms with Crippen molar-refractivity contribution in [2.24, 2.45) is 0 Å². The van der Waals surface area contributed by atoms with E-state index in [4.69, 9.17) is 0 Å². The van der Waals surface area contributed by atoms with Gasteiger partial charge in [0.15, 0.2) is 4.34 Å². The van der Waals surface area contributed by atoms with Crippen LogP contribution < -0.4 is 5.32 Å². The Morgan fingerprint density at radius 3 is 2.74 bits per heavy atom. The van der Waals surface area contributed by atoms with Crippen LogP contribution in [0.1, 0.15) is 29.5 Å². The molecule has 0 aliphatic carbocycles. The van der Waals surface area contributed by atoms with Crippen LogP contribution in [0.15, 0.2) is 27.4 Å². The van der Waals surface area contributed by atoms with E-state index in [-0.39, 0.29) is 0 Å². The molecule has 0 saturated carbocycles. The second-order valence-electron chi connectivity index (χ2n) is 4.47. The molecule has 0 bridgehead atoms. The van der Waals surface area contributed by atoms with Crippen molar-refractivity contribution in [2.75, 3.05) is 6.54 Å². The van der Waals surface area contributed by atoms with Gasteiger partial charge in [0.2, 0.25) is 0 Å². The lowest BCUT2D eigenvalue weighted by Gasteiger charge is -2.07. The van der Waals surface area contributed by atoms with Crippen LogP contribution in [0.25, 0.3) is 0 Å². The highest BCUT2D eigenvalue weighted by molar-refractivity contribution is 8.01. The van der Waals surface area contributed by atoms with Crippen LogP contribution in [0.3, 0.4) is 0 Å². The summed E-state index contributed by atoms with van der Waals surface area (Å²) in [6.45, 7) is 8.33. The molecule has 0 spiro atoms. The van der Waals surface area contributed by atoms with Crippen LogP contribution in [0, 0.1) is 13.8 Å². The fourth-order valence-electron chi connectivity index (χ4n) is 1.76. The van der Waals surface area contributed by atoms with Crippen molar-refractivity contribution < 1.29 is 0 Å². The van der Waals surface area contributed by atoms with Crippen molar-refractivity contribution in [3.63, 3.8) is 0 Å². The Hall–Kier alpha value is -0.910. The molecule has 3 nitrogen and oxygen atoms in total. The van der Waals surface area contributed by atoms with Crippen LogP contribution in [0.5, 0.6) is 0 Å². The average Bonchev–Trinajstić information content (AvgIpc) is 2.79. The van der Waals surface area contributed by atoms with E-state index in [0.29, 0.717) is 0 Å². The maximum Gasteiger partial charge on any atom is 0.179 e. The molecular formula is C14H19N3S2. The zero-order valence-corrected chi connectivity index (χ0v) is 13.2. The van der Waals surface area contributed by atoms with Gasteiger partial charge in [-0.2, -0.15) is 0 Å². The minimum absolute atomic E-state index is 0.942. The van der Waals surface area contributed by atoms with Crippen molar-refractivity contribution in [3.05, 3.63) is 34.3 Å². The van der Waals surface area contributed by atoms with E-state index in [2.05, 4.69) is 47.6 Å². The van der Waals surface area contributed by atoms with Crippen molar-refractivity contribution in [1.82, 2.24) is 15.5 Å². The van der Waals surface area contributed by atoms with Gasteiger partial charge in [0.05, 0.1) is 0 Å². The lowest BCUT2D eigenvalue weighted by atomic mass is 10.1. The van der Waals surface area contributed by atoms with Gasteiger partial charge in [0, 0.05) is 11.4 Å². The van der Waals surface area contributed by atoms with E-state index in [1.165, 1.54) is 22.4 Å². The molecule has 2 aromatic rings. The van der Waals surface area contributed by atoms with Crippen molar-refractivity contribution in [2.45, 2.75) is 43.0 Å². The highest BCUT2D eigenvalue weighted by Crippen LogP contribution is 2.32. The Bertz CT molecular complexity index is 537. The summed E-state index contributed by atoms with van der Waals surface area (Å²) in [4.78, 5) is 1.26. The molecule has 5 heteroatoms. The second-order valence-corrected chi connectivity index (χ2v) is 6.94. The Labute approximate surface area is 122 Å². The predicted molar refractivity (Wildman–Crippen MR) is 81.9 cm³/mol. The summed E-state index contributed by atoms with van der Waals surface area (Å²) in [5.41, 5.74) is 2.64. The lowest BCUT2D eigenvalue weighted by molar-refractivity contribution is 0.675. The fraction of sp³-hybridized carbons (Fsp3) is 0.429. The molecule has 19 heavy (non-hydrogen) atoms. The molecule has 0 unspecified atom stereocenters. The van der Waals surface area contributed by atoms with Crippen LogP contribution in [0.4, 0.5) is 0 Å². The molecule has 1 heterocycles. The maximum absolute atomic E-state index is 4.15. The van der Waals surface area contributed by atoms with E-state index in [9.17, 15) is 0 Å². The predicted octanol–water partition coefficient (Wildman–Crippen LogP) is 3.81. The standard InChI is InChI=1S/C14H19N3S2/c1-4-7-15-9-12-5-6-13(10(2)8-12)19-14-17-16-11(3)18-14/h5-6,8,15H,4,7,9H2,1-3H3. The molecule has 0 saturated heterocycles. The first-order valence-corrected chi connectivity index (χ1v) is 8.10. The zero-order chi connectivity index (χ0) is 13.7. The van der Waals surface area contributed by atoms with Gasteiger partial charge < -0.3 is 5.32 Å². The van der Waals surface area contributed by atoms with Gasteiger partial charge in [0.25, 0.3) is 0 Å². The number of rotatable bonds is 6. The smallest absolute Gasteiger partial charge is 0.179 e. The summed E-state index contributed by atoms with van der Waals surface area (Å²) in [7, 11) is 0. The molecule has 2 rings (SSSR count). The first kappa shape index (κ1) is 14.5. The topological polar surface area (TPSA) is 37.8 Å². The third-order valence-electron chi connectivity index (χ3n) is 2.70. The molecule has 0 fully saturated rings. The van der Waals surface area contributed by atoms with Gasteiger partial charge in [0.1, 0.15) is 5.01 Å². The quantitative estimate of drug-likeness (QED) is 0.822. The molecule has 0 radical (unpaired) electrons. The molecule has 0 atom stereocenters. The van der Waals surface area contributed by atoms with Gasteiger partial charge in [-0.05, 0) is 44.0 Å². The zero-order valence-electron chi connectivity index (χ0n) is 11.6. The molecule has 0 aliphatic heterocycles. The Morgan fingerprint density at radius 2 is 2.11 bits per heavy atom. The van der Waals surface area contributed by atoms with E-state index >= 15 is 0 Å². The van der Waals surface area contributed by atoms with Crippen molar-refractivity contribution in [1.29, 1.82) is 0 Å². The Morgan fingerprint density at radius 1 is 1.26 bits per heavy atom. The van der Waals surface area contributed by atoms with Gasteiger partial charge in [-0.1, -0.05) is 42.2 Å². The number of aryl methyl sites for hydroxylation is 2. The van der Waals surface area contributed by atoms with Crippen LogP contribution >= 0.6 is 23.1 Å². The summed E-state index contributed by atoms with van der Waals surface area (Å²) in [6, 6.07) is 6.62.